The third kappa shape index (κ3) is 4.02. The quantitative estimate of drug-likeness (QED) is 0.583. The molecule has 150 valence electrons. The predicted octanol–water partition coefficient (Wildman–Crippen LogP) is 3.01. The Labute approximate surface area is 166 Å². The van der Waals surface area contributed by atoms with Crippen molar-refractivity contribution in [3.8, 4) is 0 Å². The van der Waals surface area contributed by atoms with E-state index in [0.29, 0.717) is 24.9 Å². The van der Waals surface area contributed by atoms with E-state index in [1.54, 1.807) is 12.1 Å². The number of nitrogens with two attached hydrogens (primary N) is 1. The van der Waals surface area contributed by atoms with Gasteiger partial charge in [0.15, 0.2) is 0 Å². The first-order chi connectivity index (χ1) is 13.3. The van der Waals surface area contributed by atoms with E-state index in [4.69, 9.17) is 5.73 Å². The van der Waals surface area contributed by atoms with Gasteiger partial charge in [0.25, 0.3) is 0 Å². The number of carbonyl (C=O) groups excluding carboxylic acids is 3. The number of benzene rings is 1. The van der Waals surface area contributed by atoms with Crippen LogP contribution in [-0.4, -0.2) is 28.7 Å². The molecule has 3 N–H and O–H groups in total. The molecule has 3 unspecified atom stereocenters. The van der Waals surface area contributed by atoms with Crippen LogP contribution in [0.5, 0.6) is 0 Å². The standard InChI is InChI=1S/C22H29N3O3/c1-13(2)12-19(20(26)24-16-10-8-15(9-11-16)14(3)23)25-21(27)17-6-4-5-7-18(17)22(25)28/h4-5,8-11,13-14,17-19H,6-7,12,23H2,1-3H3,(H,24,26)/t14-,17?,18?,19?/m0/s1. The van der Waals surface area contributed by atoms with Crippen molar-refractivity contribution in [3.63, 3.8) is 0 Å². The molecule has 0 spiro atoms. The third-order valence-electron chi connectivity index (χ3n) is 5.55. The van der Waals surface area contributed by atoms with E-state index in [2.05, 4.69) is 5.32 Å². The van der Waals surface area contributed by atoms with Crippen LogP contribution in [-0.2, 0) is 14.4 Å². The molecule has 1 fully saturated rings. The molecule has 0 radical (unpaired) electrons. The number of hydrogen-bond donors (Lipinski definition) is 2. The first-order valence-electron chi connectivity index (χ1n) is 9.98. The molecule has 6 nitrogen and oxygen atoms in total. The lowest BCUT2D eigenvalue weighted by Gasteiger charge is -2.27. The molecule has 0 aromatic heterocycles. The normalized spacial score (nSPS) is 23.7. The first-order valence-corrected chi connectivity index (χ1v) is 9.98. The van der Waals surface area contributed by atoms with Gasteiger partial charge in [0.1, 0.15) is 6.04 Å². The van der Waals surface area contributed by atoms with Crippen molar-refractivity contribution >= 4 is 23.4 Å². The molecule has 1 aromatic rings. The third-order valence-corrected chi connectivity index (χ3v) is 5.55. The smallest absolute Gasteiger partial charge is 0.247 e. The van der Waals surface area contributed by atoms with Crippen molar-refractivity contribution in [3.05, 3.63) is 42.0 Å². The van der Waals surface area contributed by atoms with Crippen molar-refractivity contribution in [1.82, 2.24) is 4.90 Å². The molecule has 3 rings (SSSR count). The van der Waals surface area contributed by atoms with Gasteiger partial charge in [0.05, 0.1) is 11.8 Å². The van der Waals surface area contributed by atoms with Crippen molar-refractivity contribution in [2.24, 2.45) is 23.5 Å². The number of imide groups is 1. The molecule has 3 amide bonds. The Hall–Kier alpha value is -2.47. The van der Waals surface area contributed by atoms with Crippen molar-refractivity contribution in [1.29, 1.82) is 0 Å². The fourth-order valence-corrected chi connectivity index (χ4v) is 4.00. The van der Waals surface area contributed by atoms with Gasteiger partial charge in [-0.2, -0.15) is 0 Å². The molecular formula is C22H29N3O3. The summed E-state index contributed by atoms with van der Waals surface area (Å²) < 4.78 is 0. The fourth-order valence-electron chi connectivity index (χ4n) is 4.00. The zero-order valence-corrected chi connectivity index (χ0v) is 16.7. The van der Waals surface area contributed by atoms with E-state index < -0.39 is 6.04 Å². The Morgan fingerprint density at radius 1 is 1.07 bits per heavy atom. The van der Waals surface area contributed by atoms with E-state index in [0.717, 1.165) is 5.56 Å². The van der Waals surface area contributed by atoms with E-state index in [1.807, 2.05) is 45.1 Å². The number of hydrogen-bond acceptors (Lipinski definition) is 4. The van der Waals surface area contributed by atoms with Crippen molar-refractivity contribution in [2.45, 2.75) is 52.1 Å². The lowest BCUT2D eigenvalue weighted by atomic mass is 9.85. The number of likely N-dealkylation sites (tertiary alicyclic amines) is 1. The number of fused-ring (bicyclic) bond motifs is 1. The molecule has 1 aliphatic heterocycles. The van der Waals surface area contributed by atoms with Crippen LogP contribution in [0.25, 0.3) is 0 Å². The Morgan fingerprint density at radius 2 is 1.61 bits per heavy atom. The molecule has 4 atom stereocenters. The monoisotopic (exact) mass is 383 g/mol. The number of nitrogens with one attached hydrogen (secondary N) is 1. The van der Waals surface area contributed by atoms with Crippen molar-refractivity contribution < 1.29 is 14.4 Å². The second kappa shape index (κ2) is 8.27. The van der Waals surface area contributed by atoms with Crippen LogP contribution < -0.4 is 11.1 Å². The first kappa shape index (κ1) is 20.3. The van der Waals surface area contributed by atoms with E-state index in [1.165, 1.54) is 4.90 Å². The molecule has 1 heterocycles. The van der Waals surface area contributed by atoms with E-state index in [9.17, 15) is 14.4 Å². The number of amides is 3. The van der Waals surface area contributed by atoms with Gasteiger partial charge in [-0.25, -0.2) is 0 Å². The summed E-state index contributed by atoms with van der Waals surface area (Å²) in [5.41, 5.74) is 7.46. The Morgan fingerprint density at radius 3 is 2.07 bits per heavy atom. The van der Waals surface area contributed by atoms with Crippen LogP contribution >= 0.6 is 0 Å². The SMILES string of the molecule is CC(C)CC(C(=O)Nc1ccc([C@H](C)N)cc1)N1C(=O)C2CC=CCC2C1=O. The summed E-state index contributed by atoms with van der Waals surface area (Å²) >= 11 is 0. The highest BCUT2D eigenvalue weighted by molar-refractivity contribution is 6.10. The molecule has 1 aliphatic carbocycles. The summed E-state index contributed by atoms with van der Waals surface area (Å²) in [5, 5.41) is 2.87. The minimum atomic E-state index is -0.793. The van der Waals surface area contributed by atoms with Crippen LogP contribution in [0.15, 0.2) is 36.4 Å². The summed E-state index contributed by atoms with van der Waals surface area (Å²) in [5.74, 6) is -1.25. The van der Waals surface area contributed by atoms with Crippen LogP contribution in [0.2, 0.25) is 0 Å². The highest BCUT2D eigenvalue weighted by Crippen LogP contribution is 2.37. The van der Waals surface area contributed by atoms with Crippen LogP contribution in [0.1, 0.15) is 51.6 Å². The maximum atomic E-state index is 13.1. The molecule has 6 heteroatoms. The summed E-state index contributed by atoms with van der Waals surface area (Å²) in [4.78, 5) is 40.1. The lowest BCUT2D eigenvalue weighted by Crippen LogP contribution is -2.48. The van der Waals surface area contributed by atoms with Crippen molar-refractivity contribution in [2.75, 3.05) is 5.32 Å². The van der Waals surface area contributed by atoms with Crippen LogP contribution in [0, 0.1) is 17.8 Å². The molecular weight excluding hydrogens is 354 g/mol. The van der Waals surface area contributed by atoms with Gasteiger partial charge in [-0.15, -0.1) is 0 Å². The van der Waals surface area contributed by atoms with Crippen LogP contribution in [0.3, 0.4) is 0 Å². The highest BCUT2D eigenvalue weighted by Gasteiger charge is 2.51. The summed E-state index contributed by atoms with van der Waals surface area (Å²) in [7, 11) is 0. The predicted molar refractivity (Wildman–Crippen MR) is 108 cm³/mol. The minimum absolute atomic E-state index is 0.0877. The lowest BCUT2D eigenvalue weighted by molar-refractivity contribution is -0.147. The molecule has 2 aliphatic rings. The minimum Gasteiger partial charge on any atom is -0.324 e. The summed E-state index contributed by atoms with van der Waals surface area (Å²) in [6.45, 7) is 5.86. The average Bonchev–Trinajstić information content (AvgIpc) is 2.91. The number of rotatable bonds is 6. The van der Waals surface area contributed by atoms with Gasteiger partial charge >= 0.3 is 0 Å². The maximum Gasteiger partial charge on any atom is 0.247 e. The fraction of sp³-hybridized carbons (Fsp3) is 0.500. The average molecular weight is 383 g/mol. The van der Waals surface area contributed by atoms with Gasteiger partial charge < -0.3 is 11.1 Å². The number of allylic oxidation sites excluding steroid dienone is 2. The summed E-state index contributed by atoms with van der Waals surface area (Å²) in [6, 6.07) is 6.43. The Kier molecular flexibility index (Phi) is 5.98. The second-order valence-electron chi connectivity index (χ2n) is 8.25. The second-order valence-corrected chi connectivity index (χ2v) is 8.25. The highest BCUT2D eigenvalue weighted by atomic mass is 16.2. The zero-order valence-electron chi connectivity index (χ0n) is 16.7. The van der Waals surface area contributed by atoms with Gasteiger partial charge in [0, 0.05) is 11.7 Å². The molecule has 1 aromatic carbocycles. The summed E-state index contributed by atoms with van der Waals surface area (Å²) in [6.07, 6.45) is 5.48. The molecule has 28 heavy (non-hydrogen) atoms. The molecule has 1 saturated heterocycles. The number of nitrogens with zero attached hydrogens (tertiary/aromatic N) is 1. The van der Waals surface area contributed by atoms with Gasteiger partial charge in [0.2, 0.25) is 17.7 Å². The molecule has 0 bridgehead atoms. The number of carbonyl (C=O) groups is 3. The van der Waals surface area contributed by atoms with E-state index in [-0.39, 0.29) is 41.5 Å². The number of anilines is 1. The maximum absolute atomic E-state index is 13.1. The van der Waals surface area contributed by atoms with Crippen LogP contribution in [0.4, 0.5) is 5.69 Å². The van der Waals surface area contributed by atoms with Gasteiger partial charge in [-0.05, 0) is 49.8 Å². The van der Waals surface area contributed by atoms with E-state index >= 15 is 0 Å². The zero-order chi connectivity index (χ0) is 20.4. The Bertz CT molecular complexity index is 757. The topological polar surface area (TPSA) is 92.5 Å². The largest absolute Gasteiger partial charge is 0.324 e. The Balaban J connectivity index is 1.80. The van der Waals surface area contributed by atoms with Gasteiger partial charge in [-0.1, -0.05) is 38.1 Å². The van der Waals surface area contributed by atoms with Gasteiger partial charge in [-0.3, -0.25) is 19.3 Å². The molecule has 0 saturated carbocycles.